The van der Waals surface area contributed by atoms with Crippen molar-refractivity contribution in [3.8, 4) is 0 Å². The Kier molecular flexibility index (Phi) is 20.4. The van der Waals surface area contributed by atoms with Crippen molar-refractivity contribution in [2.45, 2.75) is 122 Å². The fourth-order valence-electron chi connectivity index (χ4n) is 3.18. The molecule has 144 valence electrons. The summed E-state index contributed by atoms with van der Waals surface area (Å²) in [5.41, 5.74) is 11.6. The van der Waals surface area contributed by atoms with E-state index in [1.54, 1.807) is 0 Å². The lowest BCUT2D eigenvalue weighted by molar-refractivity contribution is 0.502. The molecule has 1 atom stereocenters. The van der Waals surface area contributed by atoms with E-state index < -0.39 is 0 Å². The summed E-state index contributed by atoms with van der Waals surface area (Å²) in [7, 11) is 0. The molecular formula is C22H46N2. The van der Waals surface area contributed by atoms with Gasteiger partial charge in [0, 0.05) is 6.04 Å². The van der Waals surface area contributed by atoms with Crippen molar-refractivity contribution in [2.24, 2.45) is 11.5 Å². The first-order valence-electron chi connectivity index (χ1n) is 10.9. The monoisotopic (exact) mass is 338 g/mol. The van der Waals surface area contributed by atoms with Crippen LogP contribution in [0.4, 0.5) is 0 Å². The zero-order valence-corrected chi connectivity index (χ0v) is 16.6. The minimum Gasteiger partial charge on any atom is -0.330 e. The lowest BCUT2D eigenvalue weighted by Gasteiger charge is -2.10. The number of hydrogen-bond acceptors (Lipinski definition) is 2. The van der Waals surface area contributed by atoms with Crippen molar-refractivity contribution in [3.05, 3.63) is 12.2 Å². The summed E-state index contributed by atoms with van der Waals surface area (Å²) >= 11 is 0. The van der Waals surface area contributed by atoms with Gasteiger partial charge in [-0.1, -0.05) is 83.3 Å². The van der Waals surface area contributed by atoms with Crippen molar-refractivity contribution in [1.82, 2.24) is 0 Å². The molecule has 1 unspecified atom stereocenters. The molecule has 0 amide bonds. The van der Waals surface area contributed by atoms with Crippen LogP contribution in [0.15, 0.2) is 12.2 Å². The van der Waals surface area contributed by atoms with Crippen LogP contribution >= 0.6 is 0 Å². The van der Waals surface area contributed by atoms with Gasteiger partial charge in [0.2, 0.25) is 0 Å². The molecule has 0 bridgehead atoms. The van der Waals surface area contributed by atoms with Gasteiger partial charge in [-0.15, -0.1) is 0 Å². The summed E-state index contributed by atoms with van der Waals surface area (Å²) < 4.78 is 0. The van der Waals surface area contributed by atoms with Crippen LogP contribution in [0, 0.1) is 0 Å². The van der Waals surface area contributed by atoms with Gasteiger partial charge < -0.3 is 11.5 Å². The zero-order chi connectivity index (χ0) is 17.7. The Morgan fingerprint density at radius 3 is 1.62 bits per heavy atom. The minimum atomic E-state index is 0.380. The Morgan fingerprint density at radius 2 is 1.08 bits per heavy atom. The summed E-state index contributed by atoms with van der Waals surface area (Å²) in [4.78, 5) is 0. The molecule has 0 heterocycles. The summed E-state index contributed by atoms with van der Waals surface area (Å²) in [5, 5.41) is 0. The third kappa shape index (κ3) is 19.7. The first-order valence-corrected chi connectivity index (χ1v) is 10.9. The average Bonchev–Trinajstić information content (AvgIpc) is 2.59. The van der Waals surface area contributed by atoms with E-state index in [-0.39, 0.29) is 0 Å². The lowest BCUT2D eigenvalue weighted by Crippen LogP contribution is -2.20. The molecule has 24 heavy (non-hydrogen) atoms. The van der Waals surface area contributed by atoms with Crippen LogP contribution in [0.1, 0.15) is 116 Å². The first-order chi connectivity index (χ1) is 11.8. The number of hydrogen-bond donors (Lipinski definition) is 2. The Hall–Kier alpha value is -0.340. The highest BCUT2D eigenvalue weighted by Crippen LogP contribution is 2.12. The van der Waals surface area contributed by atoms with E-state index in [9.17, 15) is 0 Å². The van der Waals surface area contributed by atoms with E-state index in [0.29, 0.717) is 6.04 Å². The topological polar surface area (TPSA) is 52.0 Å². The molecule has 4 N–H and O–H groups in total. The van der Waals surface area contributed by atoms with E-state index in [4.69, 9.17) is 11.5 Å². The fourth-order valence-corrected chi connectivity index (χ4v) is 3.18. The third-order valence-electron chi connectivity index (χ3n) is 4.87. The maximum Gasteiger partial charge on any atom is 0.00392 e. The van der Waals surface area contributed by atoms with E-state index >= 15 is 0 Å². The van der Waals surface area contributed by atoms with Crippen LogP contribution in [0.2, 0.25) is 0 Å². The molecule has 0 aromatic carbocycles. The maximum absolute atomic E-state index is 6.06. The average molecular weight is 339 g/mol. The first kappa shape index (κ1) is 23.7. The van der Waals surface area contributed by atoms with Gasteiger partial charge in [0.1, 0.15) is 0 Å². The van der Waals surface area contributed by atoms with Gasteiger partial charge in [0.05, 0.1) is 0 Å². The van der Waals surface area contributed by atoms with Crippen molar-refractivity contribution in [1.29, 1.82) is 0 Å². The van der Waals surface area contributed by atoms with Crippen molar-refractivity contribution < 1.29 is 0 Å². The third-order valence-corrected chi connectivity index (χ3v) is 4.87. The highest BCUT2D eigenvalue weighted by atomic mass is 14.6. The van der Waals surface area contributed by atoms with Crippen LogP contribution in [0.5, 0.6) is 0 Å². The van der Waals surface area contributed by atoms with Crippen molar-refractivity contribution in [2.75, 3.05) is 6.54 Å². The molecule has 0 aliphatic heterocycles. The minimum absolute atomic E-state index is 0.380. The van der Waals surface area contributed by atoms with Gasteiger partial charge in [-0.05, 0) is 51.5 Å². The van der Waals surface area contributed by atoms with Crippen LogP contribution in [-0.4, -0.2) is 12.6 Å². The summed E-state index contributed by atoms with van der Waals surface area (Å²) in [6.45, 7) is 3.06. The molecule has 0 saturated heterocycles. The smallest absolute Gasteiger partial charge is 0.00392 e. The van der Waals surface area contributed by atoms with Gasteiger partial charge in [-0.3, -0.25) is 0 Å². The van der Waals surface area contributed by atoms with E-state index in [1.165, 1.54) is 96.3 Å². The molecule has 0 aromatic heterocycles. The van der Waals surface area contributed by atoms with Gasteiger partial charge in [-0.25, -0.2) is 0 Å². The summed E-state index contributed by atoms with van der Waals surface area (Å²) in [6.07, 6.45) is 27.3. The number of rotatable bonds is 19. The van der Waals surface area contributed by atoms with Crippen LogP contribution in [-0.2, 0) is 0 Å². The van der Waals surface area contributed by atoms with Crippen molar-refractivity contribution >= 4 is 0 Å². The second-order valence-electron chi connectivity index (χ2n) is 7.42. The Morgan fingerprint density at radius 1 is 0.625 bits per heavy atom. The van der Waals surface area contributed by atoms with E-state index in [2.05, 4.69) is 19.1 Å². The summed E-state index contributed by atoms with van der Waals surface area (Å²) in [6, 6.07) is 0.380. The Bertz CT molecular complexity index is 250. The SMILES string of the molecule is CCCCCCCC/C=C\CCCCCCCCC(N)CCCN. The molecule has 0 saturated carbocycles. The van der Waals surface area contributed by atoms with Crippen LogP contribution in [0.25, 0.3) is 0 Å². The normalized spacial score (nSPS) is 13.0. The van der Waals surface area contributed by atoms with Crippen LogP contribution < -0.4 is 11.5 Å². The highest BCUT2D eigenvalue weighted by Gasteiger charge is 2.01. The predicted octanol–water partition coefficient (Wildman–Crippen LogP) is 6.48. The molecule has 0 rings (SSSR count). The standard InChI is InChI=1S/C22H46N2/c1-2-3-4-5-6-7-8-9-10-11-12-13-14-15-16-17-19-22(24)20-18-21-23/h9-10,22H,2-8,11-21,23-24H2,1H3/b10-9-. The molecule has 0 fully saturated rings. The van der Waals surface area contributed by atoms with Gasteiger partial charge in [-0.2, -0.15) is 0 Å². The van der Waals surface area contributed by atoms with Gasteiger partial charge in [0.25, 0.3) is 0 Å². The fraction of sp³-hybridized carbons (Fsp3) is 0.909. The second-order valence-corrected chi connectivity index (χ2v) is 7.42. The van der Waals surface area contributed by atoms with Gasteiger partial charge >= 0.3 is 0 Å². The van der Waals surface area contributed by atoms with E-state index in [0.717, 1.165) is 19.4 Å². The number of nitrogens with two attached hydrogens (primary N) is 2. The Balaban J connectivity index is 3.12. The second kappa shape index (κ2) is 20.7. The molecule has 0 aliphatic rings. The quantitative estimate of drug-likeness (QED) is 0.209. The van der Waals surface area contributed by atoms with Crippen LogP contribution in [0.3, 0.4) is 0 Å². The van der Waals surface area contributed by atoms with E-state index in [1.807, 2.05) is 0 Å². The zero-order valence-electron chi connectivity index (χ0n) is 16.6. The number of allylic oxidation sites excluding steroid dienone is 2. The molecule has 0 aromatic rings. The highest BCUT2D eigenvalue weighted by molar-refractivity contribution is 4.81. The van der Waals surface area contributed by atoms with Gasteiger partial charge in [0.15, 0.2) is 0 Å². The lowest BCUT2D eigenvalue weighted by atomic mass is 10.0. The predicted molar refractivity (Wildman–Crippen MR) is 110 cm³/mol. The van der Waals surface area contributed by atoms with Crippen molar-refractivity contribution in [3.63, 3.8) is 0 Å². The molecule has 0 aliphatic carbocycles. The molecule has 2 heteroatoms. The summed E-state index contributed by atoms with van der Waals surface area (Å²) in [5.74, 6) is 0. The maximum atomic E-state index is 6.06. The number of unbranched alkanes of at least 4 members (excludes halogenated alkanes) is 12. The molecular weight excluding hydrogens is 292 g/mol. The molecule has 0 radical (unpaired) electrons. The molecule has 2 nitrogen and oxygen atoms in total. The molecule has 0 spiro atoms. The Labute approximate surface area is 152 Å². The largest absolute Gasteiger partial charge is 0.330 e.